The van der Waals surface area contributed by atoms with E-state index in [0.717, 1.165) is 18.5 Å². The van der Waals surface area contributed by atoms with Gasteiger partial charge in [-0.05, 0) is 243 Å². The molecule has 1 unspecified atom stereocenters. The predicted octanol–water partition coefficient (Wildman–Crippen LogP) is 4.72. The van der Waals surface area contributed by atoms with E-state index in [1.807, 2.05) is 0 Å². The summed E-state index contributed by atoms with van der Waals surface area (Å²) in [6.45, 7) is 24.8. The Kier molecular flexibility index (Phi) is 44.9. The maximum Gasteiger partial charge on any atom is 0.435 e. The van der Waals surface area contributed by atoms with Crippen LogP contribution in [0.1, 0.15) is 216 Å². The topological polar surface area (TPSA) is 630 Å². The van der Waals surface area contributed by atoms with E-state index in [-0.39, 0.29) is 63.0 Å². The summed E-state index contributed by atoms with van der Waals surface area (Å²) in [5.41, 5.74) is -3.22. The summed E-state index contributed by atoms with van der Waals surface area (Å²) in [5.74, 6) is -12.6. The van der Waals surface area contributed by atoms with Gasteiger partial charge in [0.05, 0.1) is 41.1 Å². The van der Waals surface area contributed by atoms with Gasteiger partial charge < -0.3 is 129 Å². The molecule has 0 radical (unpaired) electrons. The number of nitrogens with zero attached hydrogens (tertiary/aromatic N) is 4. The zero-order valence-corrected chi connectivity index (χ0v) is 86.8. The molecule has 2 saturated heterocycles. The number of alkyl carbamates (subject to hydrolysis) is 4. The number of aliphatic hydroxyl groups is 2. The van der Waals surface area contributed by atoms with Gasteiger partial charge in [0, 0.05) is 80.2 Å². The molecule has 5 aromatic rings. The normalized spacial score (nSPS) is 19.4. The molecule has 2 aliphatic heterocycles. The molecule has 18 N–H and O–H groups in total. The van der Waals surface area contributed by atoms with Crippen LogP contribution < -0.4 is 85.1 Å². The number of rotatable bonds is 32. The minimum atomic E-state index is -2.08. The highest BCUT2D eigenvalue weighted by Gasteiger charge is 2.42. The SMILES string of the molecule is CNC(=O)c1ccccc1Sc1ccc2c(/C=C/c3ccccn3)nn(C(=O)OCCC(=O)N[C@H](CCNC(=O)OC(C)(C)C)C(=O)N[C@H](C(=O)N[C@@H](CCNC(=O)OC(C)(C)C)C(=O)N[C@@H]3CCCNC(=O)[C@@H]([C@H](C)O)NC(=O)[C@H](CCCNC(=O)OC(C)(C)C)NC(=O)[C@@H]4CCN(C(=O)OC(C)(C)C)C(C)C[C@H](NC(=O)[C@H](Cc5ccccc5)NC(=O)[C@H](CCNC(=O)OC(C)(C)C)NC3=O)C(=O)N4)[C@H](C)O)c2c1. The number of carbonyl (C=O) groups excluding carboxylic acids is 18. The van der Waals surface area contributed by atoms with Crippen molar-refractivity contribution >= 4 is 142 Å². The number of benzene rings is 3. The number of carbonyl (C=O) groups is 18. The fraction of sp³-hybridized carbons (Fsp3) is 0.556. The van der Waals surface area contributed by atoms with Gasteiger partial charge in [-0.3, -0.25) is 62.5 Å². The lowest BCUT2D eigenvalue weighted by Crippen LogP contribution is -2.62. The Morgan fingerprint density at radius 1 is 0.541 bits per heavy atom. The summed E-state index contributed by atoms with van der Waals surface area (Å²) in [7, 11) is 1.50. The molecule has 46 nitrogen and oxygen atoms in total. The van der Waals surface area contributed by atoms with E-state index in [4.69, 9.17) is 28.4 Å². The van der Waals surface area contributed by atoms with Gasteiger partial charge in [-0.25, -0.2) is 28.8 Å². The summed E-state index contributed by atoms with van der Waals surface area (Å²) in [5, 5.41) is 68.9. The van der Waals surface area contributed by atoms with Crippen LogP contribution in [0.25, 0.3) is 23.1 Å². The van der Waals surface area contributed by atoms with Crippen LogP contribution in [0.15, 0.2) is 107 Å². The van der Waals surface area contributed by atoms with Gasteiger partial charge in [-0.15, -0.1) is 0 Å². The van der Waals surface area contributed by atoms with Gasteiger partial charge in [-0.2, -0.15) is 9.78 Å². The second-order valence-electron chi connectivity index (χ2n) is 40.0. The third kappa shape index (κ3) is 41.1. The molecule has 2 aliphatic rings. The molecule has 4 heterocycles. The minimum absolute atomic E-state index is 0.0623. The number of pyridine rings is 1. The zero-order valence-electron chi connectivity index (χ0n) is 86.0. The summed E-state index contributed by atoms with van der Waals surface area (Å²) >= 11 is 1.24. The molecular weight excluding hydrogens is 1920 g/mol. The van der Waals surface area contributed by atoms with E-state index >= 15 is 28.8 Å². The highest BCUT2D eigenvalue weighted by molar-refractivity contribution is 7.99. The zero-order chi connectivity index (χ0) is 108. The van der Waals surface area contributed by atoms with E-state index in [9.17, 15) is 67.7 Å². The van der Waals surface area contributed by atoms with Crippen LogP contribution in [-0.4, -0.2) is 297 Å². The predicted molar refractivity (Wildman–Crippen MR) is 535 cm³/mol. The van der Waals surface area contributed by atoms with Crippen molar-refractivity contribution < 1.29 is 125 Å². The molecule has 0 spiro atoms. The third-order valence-electron chi connectivity index (χ3n) is 21.6. The Morgan fingerprint density at radius 2 is 1.08 bits per heavy atom. The molecule has 800 valence electrons. The largest absolute Gasteiger partial charge is 0.447 e. The maximum absolute atomic E-state index is 15.6. The van der Waals surface area contributed by atoms with Crippen LogP contribution in [-0.2, 0) is 87.6 Å². The molecule has 7 rings (SSSR count). The first-order chi connectivity index (χ1) is 68.4. The van der Waals surface area contributed by atoms with Crippen molar-refractivity contribution in [1.29, 1.82) is 0 Å². The maximum atomic E-state index is 15.6. The molecule has 0 aliphatic carbocycles. The summed E-state index contributed by atoms with van der Waals surface area (Å²) in [6.07, 6.45) is -8.90. The average molecular weight is 2060 g/mol. The van der Waals surface area contributed by atoms with Crippen molar-refractivity contribution in [3.8, 4) is 0 Å². The minimum Gasteiger partial charge on any atom is -0.447 e. The van der Waals surface area contributed by atoms with Gasteiger partial charge in [0.2, 0.25) is 65.0 Å². The number of fused-ring (bicyclic) bond motifs is 4. The molecule has 146 heavy (non-hydrogen) atoms. The van der Waals surface area contributed by atoms with Crippen molar-refractivity contribution in [3.05, 3.63) is 120 Å². The fourth-order valence-electron chi connectivity index (χ4n) is 14.6. The van der Waals surface area contributed by atoms with E-state index in [1.165, 1.54) is 23.7 Å². The third-order valence-corrected chi connectivity index (χ3v) is 22.7. The summed E-state index contributed by atoms with van der Waals surface area (Å²) in [4.78, 5) is 266. The van der Waals surface area contributed by atoms with Crippen LogP contribution >= 0.6 is 11.8 Å². The number of ether oxygens (including phenoxy) is 6. The van der Waals surface area contributed by atoms with Crippen molar-refractivity contribution in [1.82, 2.24) is 105 Å². The first-order valence-electron chi connectivity index (χ1n) is 48.3. The number of hydrogen-bond donors (Lipinski definition) is 18. The fourth-order valence-corrected chi connectivity index (χ4v) is 15.6. The molecule has 17 amide bonds. The molecule has 2 aromatic heterocycles. The van der Waals surface area contributed by atoms with Crippen LogP contribution in [0.2, 0.25) is 0 Å². The van der Waals surface area contributed by atoms with E-state index < -0.39 is 273 Å². The van der Waals surface area contributed by atoms with Gasteiger partial charge in [-0.1, -0.05) is 60.3 Å². The van der Waals surface area contributed by atoms with Crippen LogP contribution in [0.3, 0.4) is 0 Å². The summed E-state index contributed by atoms with van der Waals surface area (Å²) < 4.78 is 34.2. The van der Waals surface area contributed by atoms with E-state index in [1.54, 1.807) is 220 Å². The lowest BCUT2D eigenvalue weighted by molar-refractivity contribution is -0.137. The summed E-state index contributed by atoms with van der Waals surface area (Å²) in [6, 6.07) is 6.55. The van der Waals surface area contributed by atoms with E-state index in [0.29, 0.717) is 37.7 Å². The van der Waals surface area contributed by atoms with Crippen molar-refractivity contribution in [2.75, 3.05) is 52.9 Å². The highest BCUT2D eigenvalue weighted by Crippen LogP contribution is 2.34. The molecule has 2 fully saturated rings. The quantitative estimate of drug-likeness (QED) is 0.0205. The van der Waals surface area contributed by atoms with Gasteiger partial charge in [0.1, 0.15) is 95.0 Å². The first kappa shape index (κ1) is 119. The molecular formula is C99H142N20O26S. The first-order valence-corrected chi connectivity index (χ1v) is 49.1. The van der Waals surface area contributed by atoms with Gasteiger partial charge in [0.15, 0.2) is 0 Å². The van der Waals surface area contributed by atoms with Crippen molar-refractivity contribution in [3.63, 3.8) is 0 Å². The smallest absolute Gasteiger partial charge is 0.435 e. The Labute approximate surface area is 852 Å². The average Bonchev–Trinajstić information content (AvgIpc) is 1.63. The molecule has 13 atom stereocenters. The van der Waals surface area contributed by atoms with Crippen LogP contribution in [0.4, 0.5) is 28.8 Å². The lowest BCUT2D eigenvalue weighted by Gasteiger charge is -2.33. The van der Waals surface area contributed by atoms with Gasteiger partial charge in [0.25, 0.3) is 5.91 Å². The number of hydrogen-bond acceptors (Lipinski definition) is 29. The molecule has 3 aromatic carbocycles. The van der Waals surface area contributed by atoms with Gasteiger partial charge >= 0.3 is 36.6 Å². The van der Waals surface area contributed by atoms with Crippen molar-refractivity contribution in [2.24, 2.45) is 0 Å². The number of aliphatic hydroxyl groups excluding tert-OH is 2. The standard InChI is InChI=1S/C99H142N20O26S/c1-56-53-71-85(130)111-70(43-51-118(56)93(138)145-99(16,17)18)82(127)109-66(34-28-47-103-89(134)141-95(4,5)6)83(128)115-76(57(2)120)87(132)102-46-27-33-65(79(124)110-68(41-49-105-91(136)143-97(10,11)12)81(126)114-72(86(131)113-71)54-59-29-21-20-22-30-59)108-80(125)69(42-50-106-92(137)144-98(13,14)15)112-88(133)77(58(3)121)116-84(129)67(40-48-104-90(135)142-96(7,8)9)107-75(122)44-52-140-94(139)119-73-55-61(146-74-35-24-23-32-63(74)78(123)100-19)37-38-62(73)64(117-119)39-36-60-31-25-26-45-101-60/h20-26,29-32,35-39,45,55-58,65-72,76-77,120-121H,27-28,33-34,40-44,46-54H2,1-19H3,(H,100,123)(H,102,132)(H,103,134)(H,104,135)(H,105,136)(H,106,137)(H,107,122)(H,108,125)(H,109,127)(H,110,124)(H,111,130)(H,112,133)(H,113,131)(H,114,126)(H,115,128)(H,116,129)/b39-36+/t56?,57-,58-,65+,66-,67+,68-,69-,70-,71-,72-,76+,77-/m0/s1. The van der Waals surface area contributed by atoms with Crippen LogP contribution in [0, 0.1) is 0 Å². The Hall–Kier alpha value is -14.2. The second-order valence-corrected chi connectivity index (χ2v) is 41.1. The second kappa shape index (κ2) is 55.2. The molecule has 0 saturated carbocycles. The number of nitrogens with one attached hydrogen (secondary N) is 16. The Balaban J connectivity index is 1.26. The highest BCUT2D eigenvalue weighted by atomic mass is 32.2. The lowest BCUT2D eigenvalue weighted by atomic mass is 10.0. The molecule has 2 bridgehead atoms. The molecule has 47 heteroatoms. The van der Waals surface area contributed by atoms with E-state index in [2.05, 4.69) is 95.2 Å². The Morgan fingerprint density at radius 3 is 1.67 bits per heavy atom. The number of aromatic nitrogens is 3. The Bertz CT molecular complexity index is 5420. The van der Waals surface area contributed by atoms with Crippen LogP contribution in [0.5, 0.6) is 0 Å². The van der Waals surface area contributed by atoms with Crippen molar-refractivity contribution in [2.45, 2.75) is 312 Å². The monoisotopic (exact) mass is 2060 g/mol. The number of amides is 17.